The lowest BCUT2D eigenvalue weighted by Crippen LogP contribution is -2.57. The summed E-state index contributed by atoms with van der Waals surface area (Å²) in [6, 6.07) is -0.413. The minimum absolute atomic E-state index is 0.0988. The van der Waals surface area contributed by atoms with Gasteiger partial charge in [0.1, 0.15) is 11.3 Å². The van der Waals surface area contributed by atoms with Crippen LogP contribution in [0.3, 0.4) is 0 Å². The van der Waals surface area contributed by atoms with Gasteiger partial charge < -0.3 is 15.3 Å². The number of nitrogens with zero attached hydrogens (tertiary/aromatic N) is 2. The average molecular weight is 430 g/mol. The highest BCUT2D eigenvalue weighted by molar-refractivity contribution is 5.94. The number of carbonyl (C=O) groups is 2. The van der Waals surface area contributed by atoms with Crippen LogP contribution in [0.25, 0.3) is 0 Å². The third-order valence-electron chi connectivity index (χ3n) is 6.38. The molecule has 1 aliphatic carbocycles. The summed E-state index contributed by atoms with van der Waals surface area (Å²) in [5.41, 5.74) is -2.90. The summed E-state index contributed by atoms with van der Waals surface area (Å²) in [4.78, 5) is 27.0. The summed E-state index contributed by atoms with van der Waals surface area (Å²) in [6.45, 7) is 6.12. The Kier molecular flexibility index (Phi) is 5.92. The largest absolute Gasteiger partial charge is 0.433 e. The van der Waals surface area contributed by atoms with Crippen molar-refractivity contribution in [1.82, 2.24) is 20.4 Å². The Labute approximate surface area is 173 Å². The number of hydrogen-bond donors (Lipinski definition) is 3. The molecule has 0 spiro atoms. The third-order valence-corrected chi connectivity index (χ3v) is 6.38. The number of aliphatic hydroxyl groups is 1. The Balaban J connectivity index is 1.63. The summed E-state index contributed by atoms with van der Waals surface area (Å²) in [5, 5.41) is 19.0. The van der Waals surface area contributed by atoms with Gasteiger partial charge in [-0.25, -0.2) is 0 Å². The van der Waals surface area contributed by atoms with E-state index in [1.807, 2.05) is 5.10 Å². The molecule has 1 atom stereocenters. The zero-order chi connectivity index (χ0) is 22.3. The second kappa shape index (κ2) is 7.86. The molecule has 2 heterocycles. The number of carbonyl (C=O) groups excluding carboxylic acids is 2. The molecule has 2 fully saturated rings. The van der Waals surface area contributed by atoms with Crippen LogP contribution in [0.5, 0.6) is 0 Å². The number of halogens is 3. The number of likely N-dealkylation sites (tertiary alicyclic amines) is 1. The fourth-order valence-electron chi connectivity index (χ4n) is 4.28. The lowest BCUT2D eigenvalue weighted by molar-refractivity contribution is -0.158. The number of nitrogens with one attached hydrogen (secondary N) is 2. The number of piperidine rings is 1. The first-order valence-corrected chi connectivity index (χ1v) is 10.3. The van der Waals surface area contributed by atoms with E-state index in [1.165, 1.54) is 6.92 Å². The van der Waals surface area contributed by atoms with Crippen LogP contribution in [-0.2, 0) is 11.0 Å². The van der Waals surface area contributed by atoms with Crippen LogP contribution in [0.4, 0.5) is 13.2 Å². The van der Waals surface area contributed by atoms with Crippen LogP contribution in [0.15, 0.2) is 0 Å². The molecule has 1 saturated carbocycles. The van der Waals surface area contributed by atoms with E-state index in [4.69, 9.17) is 0 Å². The van der Waals surface area contributed by atoms with Crippen molar-refractivity contribution in [2.24, 2.45) is 5.41 Å². The van der Waals surface area contributed by atoms with Gasteiger partial charge in [-0.15, -0.1) is 0 Å². The quantitative estimate of drug-likeness (QED) is 0.687. The van der Waals surface area contributed by atoms with E-state index in [1.54, 1.807) is 4.90 Å². The minimum atomic E-state index is -4.62. The number of alkyl halides is 3. The number of H-pyrrole nitrogens is 1. The molecule has 1 unspecified atom stereocenters. The average Bonchev–Trinajstić information content (AvgIpc) is 3.06. The normalized spacial score (nSPS) is 23.8. The molecule has 1 aliphatic heterocycles. The van der Waals surface area contributed by atoms with E-state index >= 15 is 0 Å². The number of rotatable bonds is 3. The van der Waals surface area contributed by atoms with Crippen molar-refractivity contribution < 1.29 is 27.9 Å². The minimum Gasteiger partial charge on any atom is -0.380 e. The van der Waals surface area contributed by atoms with Gasteiger partial charge >= 0.3 is 6.18 Å². The Morgan fingerprint density at radius 2 is 1.87 bits per heavy atom. The van der Waals surface area contributed by atoms with Crippen LogP contribution in [0, 0.1) is 12.3 Å². The van der Waals surface area contributed by atoms with Gasteiger partial charge in [-0.3, -0.25) is 14.7 Å². The Morgan fingerprint density at radius 3 is 2.43 bits per heavy atom. The standard InChI is InChI=1S/C20H29F3N4O3/c1-12-14(25-26-15(12)20(21,22)23)16(28)24-13-5-4-10-27(11-13)17(29)19(30)8-6-18(2,3)7-9-19/h13,30H,4-11H2,1-3H3,(H,24,28)(H,25,26). The Morgan fingerprint density at radius 1 is 1.23 bits per heavy atom. The number of amides is 2. The number of hydrogen-bond acceptors (Lipinski definition) is 4. The third kappa shape index (κ3) is 4.63. The van der Waals surface area contributed by atoms with Crippen molar-refractivity contribution in [2.75, 3.05) is 13.1 Å². The van der Waals surface area contributed by atoms with Crippen molar-refractivity contribution in [1.29, 1.82) is 0 Å². The van der Waals surface area contributed by atoms with Crippen molar-refractivity contribution >= 4 is 11.8 Å². The van der Waals surface area contributed by atoms with Crippen molar-refractivity contribution in [3.05, 3.63) is 17.0 Å². The van der Waals surface area contributed by atoms with Crippen LogP contribution in [-0.4, -0.2) is 56.8 Å². The summed E-state index contributed by atoms with van der Waals surface area (Å²) >= 11 is 0. The van der Waals surface area contributed by atoms with E-state index < -0.39 is 29.4 Å². The van der Waals surface area contributed by atoms with Gasteiger partial charge in [0.15, 0.2) is 5.69 Å². The van der Waals surface area contributed by atoms with Gasteiger partial charge in [0, 0.05) is 24.7 Å². The zero-order valence-electron chi connectivity index (χ0n) is 17.5. The van der Waals surface area contributed by atoms with Gasteiger partial charge in [0.05, 0.1) is 0 Å². The molecule has 30 heavy (non-hydrogen) atoms. The van der Waals surface area contributed by atoms with Gasteiger partial charge in [-0.2, -0.15) is 18.3 Å². The summed E-state index contributed by atoms with van der Waals surface area (Å²) < 4.78 is 38.7. The van der Waals surface area contributed by atoms with Gasteiger partial charge in [0.2, 0.25) is 0 Å². The van der Waals surface area contributed by atoms with Crippen LogP contribution in [0.2, 0.25) is 0 Å². The SMILES string of the molecule is Cc1c(C(=O)NC2CCCN(C(=O)C3(O)CCC(C)(C)CC3)C2)n[nH]c1C(F)(F)F. The fraction of sp³-hybridized carbons (Fsp3) is 0.750. The highest BCUT2D eigenvalue weighted by atomic mass is 19.4. The van der Waals surface area contributed by atoms with E-state index in [-0.39, 0.29) is 29.1 Å². The van der Waals surface area contributed by atoms with Gasteiger partial charge in [-0.1, -0.05) is 13.8 Å². The molecule has 3 rings (SSSR count). The molecule has 7 nitrogen and oxygen atoms in total. The topological polar surface area (TPSA) is 98.3 Å². The highest BCUT2D eigenvalue weighted by Gasteiger charge is 2.45. The van der Waals surface area contributed by atoms with E-state index in [0.29, 0.717) is 32.2 Å². The monoisotopic (exact) mass is 430 g/mol. The first-order chi connectivity index (χ1) is 13.8. The molecule has 1 saturated heterocycles. The second-order valence-electron chi connectivity index (χ2n) is 9.33. The predicted molar refractivity (Wildman–Crippen MR) is 103 cm³/mol. The zero-order valence-corrected chi connectivity index (χ0v) is 17.5. The van der Waals surface area contributed by atoms with E-state index in [2.05, 4.69) is 24.3 Å². The van der Waals surface area contributed by atoms with Crippen molar-refractivity contribution in [3.8, 4) is 0 Å². The predicted octanol–water partition coefficient (Wildman–Crippen LogP) is 2.79. The highest BCUT2D eigenvalue weighted by Crippen LogP contribution is 2.41. The molecular formula is C20H29F3N4O3. The first-order valence-electron chi connectivity index (χ1n) is 10.3. The molecule has 10 heteroatoms. The Bertz CT molecular complexity index is 809. The molecular weight excluding hydrogens is 401 g/mol. The van der Waals surface area contributed by atoms with Crippen molar-refractivity contribution in [2.45, 2.75) is 77.1 Å². The smallest absolute Gasteiger partial charge is 0.380 e. The second-order valence-corrected chi connectivity index (χ2v) is 9.33. The van der Waals surface area contributed by atoms with Crippen LogP contribution in [0.1, 0.15) is 74.1 Å². The summed E-state index contributed by atoms with van der Waals surface area (Å²) in [7, 11) is 0. The summed E-state index contributed by atoms with van der Waals surface area (Å²) in [5.74, 6) is -1.04. The van der Waals surface area contributed by atoms with Crippen molar-refractivity contribution in [3.63, 3.8) is 0 Å². The maximum Gasteiger partial charge on any atom is 0.433 e. The van der Waals surface area contributed by atoms with Crippen LogP contribution < -0.4 is 5.32 Å². The summed E-state index contributed by atoms with van der Waals surface area (Å²) in [6.07, 6.45) is -1.08. The lowest BCUT2D eigenvalue weighted by atomic mass is 9.70. The molecule has 3 N–H and O–H groups in total. The number of aromatic amines is 1. The molecule has 2 aliphatic rings. The molecule has 2 amide bonds. The molecule has 0 bridgehead atoms. The maximum atomic E-state index is 13.0. The van der Waals surface area contributed by atoms with E-state index in [9.17, 15) is 27.9 Å². The lowest BCUT2D eigenvalue weighted by Gasteiger charge is -2.43. The maximum absolute atomic E-state index is 13.0. The fourth-order valence-corrected chi connectivity index (χ4v) is 4.28. The molecule has 168 valence electrons. The molecule has 0 radical (unpaired) electrons. The van der Waals surface area contributed by atoms with Crippen LogP contribution >= 0.6 is 0 Å². The van der Waals surface area contributed by atoms with Gasteiger partial charge in [-0.05, 0) is 50.9 Å². The van der Waals surface area contributed by atoms with Gasteiger partial charge in [0.25, 0.3) is 11.8 Å². The number of aromatic nitrogens is 2. The molecule has 1 aromatic rings. The molecule has 1 aromatic heterocycles. The Hall–Kier alpha value is -2.10. The van der Waals surface area contributed by atoms with E-state index in [0.717, 1.165) is 12.8 Å². The first kappa shape index (κ1) is 22.6. The molecule has 0 aromatic carbocycles.